The molecule has 164 valence electrons. The second kappa shape index (κ2) is 8.33. The molecule has 0 aliphatic rings. The Labute approximate surface area is 193 Å². The van der Waals surface area contributed by atoms with E-state index in [0.29, 0.717) is 33.2 Å². The molecule has 0 aliphatic heterocycles. The summed E-state index contributed by atoms with van der Waals surface area (Å²) >= 11 is 1.39. The van der Waals surface area contributed by atoms with Crippen LogP contribution >= 0.6 is 11.8 Å². The normalized spacial score (nSPS) is 11.4. The van der Waals surface area contributed by atoms with Crippen LogP contribution in [0.5, 0.6) is 0 Å². The molecule has 5 rings (SSSR count). The van der Waals surface area contributed by atoms with Crippen LogP contribution in [0, 0.1) is 20.8 Å². The molecule has 0 amide bonds. The van der Waals surface area contributed by atoms with Gasteiger partial charge < -0.3 is 4.42 Å². The van der Waals surface area contributed by atoms with Gasteiger partial charge in [0.1, 0.15) is 11.4 Å². The average Bonchev–Trinajstić information content (AvgIpc) is 2.81. The fourth-order valence-electron chi connectivity index (χ4n) is 3.79. The number of pyridine rings is 1. The molecule has 0 N–H and O–H groups in total. The number of hydrogen-bond acceptors (Lipinski definition) is 6. The van der Waals surface area contributed by atoms with Crippen molar-refractivity contribution in [1.29, 1.82) is 0 Å². The molecule has 0 bridgehead atoms. The van der Waals surface area contributed by atoms with Crippen molar-refractivity contribution in [3.05, 3.63) is 104 Å². The van der Waals surface area contributed by atoms with Gasteiger partial charge in [-0.25, -0.2) is 19.3 Å². The van der Waals surface area contributed by atoms with Crippen molar-refractivity contribution in [1.82, 2.24) is 14.5 Å². The second-order valence-corrected chi connectivity index (χ2v) is 8.95. The highest BCUT2D eigenvalue weighted by atomic mass is 32.2. The Morgan fingerprint density at radius 3 is 2.58 bits per heavy atom. The number of aromatic nitrogens is 3. The Kier molecular flexibility index (Phi) is 5.34. The topological polar surface area (TPSA) is 78.0 Å². The van der Waals surface area contributed by atoms with Crippen LogP contribution in [-0.4, -0.2) is 14.5 Å². The van der Waals surface area contributed by atoms with E-state index >= 15 is 0 Å². The fourth-order valence-corrected chi connectivity index (χ4v) is 4.78. The van der Waals surface area contributed by atoms with E-state index < -0.39 is 5.63 Å². The Morgan fingerprint density at radius 2 is 1.79 bits per heavy atom. The van der Waals surface area contributed by atoms with Crippen LogP contribution in [0.25, 0.3) is 27.7 Å². The summed E-state index contributed by atoms with van der Waals surface area (Å²) in [4.78, 5) is 34.9. The highest BCUT2D eigenvalue weighted by molar-refractivity contribution is 7.98. The molecule has 7 heteroatoms. The van der Waals surface area contributed by atoms with Crippen molar-refractivity contribution in [2.45, 2.75) is 31.7 Å². The Morgan fingerprint density at radius 1 is 0.970 bits per heavy atom. The molecule has 0 saturated heterocycles. The number of benzene rings is 2. The summed E-state index contributed by atoms with van der Waals surface area (Å²) in [6.07, 6.45) is 1.73. The molecular weight excluding hydrogens is 434 g/mol. The first kappa shape index (κ1) is 21.2. The van der Waals surface area contributed by atoms with Crippen molar-refractivity contribution in [3.8, 4) is 5.82 Å². The molecule has 0 saturated carbocycles. The zero-order valence-corrected chi connectivity index (χ0v) is 19.3. The van der Waals surface area contributed by atoms with Gasteiger partial charge in [-0.05, 0) is 61.2 Å². The van der Waals surface area contributed by atoms with Crippen LogP contribution in [0.4, 0.5) is 0 Å². The molecule has 3 heterocycles. The highest BCUT2D eigenvalue weighted by Crippen LogP contribution is 2.29. The monoisotopic (exact) mass is 455 g/mol. The van der Waals surface area contributed by atoms with Gasteiger partial charge in [0.05, 0.1) is 10.9 Å². The van der Waals surface area contributed by atoms with Gasteiger partial charge in [-0.1, -0.05) is 42.1 Å². The average molecular weight is 456 g/mol. The number of fused-ring (bicyclic) bond motifs is 2. The third-order valence-corrected chi connectivity index (χ3v) is 6.73. The van der Waals surface area contributed by atoms with Crippen molar-refractivity contribution in [2.24, 2.45) is 0 Å². The van der Waals surface area contributed by atoms with Crippen LogP contribution in [-0.2, 0) is 5.75 Å². The molecule has 2 aromatic carbocycles. The second-order valence-electron chi connectivity index (χ2n) is 8.01. The lowest BCUT2D eigenvalue weighted by Gasteiger charge is -2.13. The van der Waals surface area contributed by atoms with Crippen molar-refractivity contribution < 1.29 is 4.42 Å². The predicted octanol–water partition coefficient (Wildman–Crippen LogP) is 5.10. The molecule has 0 radical (unpaired) electrons. The molecule has 3 aromatic heterocycles. The van der Waals surface area contributed by atoms with Gasteiger partial charge in [-0.2, -0.15) is 0 Å². The van der Waals surface area contributed by atoms with Crippen LogP contribution in [0.3, 0.4) is 0 Å². The first-order chi connectivity index (χ1) is 15.9. The third-order valence-electron chi connectivity index (χ3n) is 5.74. The zero-order valence-electron chi connectivity index (χ0n) is 18.5. The SMILES string of the molecule is Cc1ccc(-n2c(SCc3cc(=O)oc4c(C)c(C)ccc34)nc3ccccc3c2=O)nc1. The van der Waals surface area contributed by atoms with E-state index in [2.05, 4.69) is 4.98 Å². The van der Waals surface area contributed by atoms with E-state index in [-0.39, 0.29) is 5.56 Å². The quantitative estimate of drug-likeness (QED) is 0.213. The van der Waals surface area contributed by atoms with Crippen LogP contribution in [0.1, 0.15) is 22.3 Å². The number of thioether (sulfide) groups is 1. The molecule has 33 heavy (non-hydrogen) atoms. The lowest BCUT2D eigenvalue weighted by molar-refractivity contribution is 0.557. The Balaban J connectivity index is 1.65. The maximum Gasteiger partial charge on any atom is 0.336 e. The van der Waals surface area contributed by atoms with E-state index in [1.54, 1.807) is 12.3 Å². The Bertz CT molecular complexity index is 1640. The summed E-state index contributed by atoms with van der Waals surface area (Å²) in [5, 5.41) is 1.93. The van der Waals surface area contributed by atoms with Gasteiger partial charge in [0.2, 0.25) is 0 Å². The summed E-state index contributed by atoms with van der Waals surface area (Å²) < 4.78 is 7.04. The first-order valence-electron chi connectivity index (χ1n) is 10.5. The van der Waals surface area contributed by atoms with Gasteiger partial charge in [-0.15, -0.1) is 0 Å². The van der Waals surface area contributed by atoms with Gasteiger partial charge in [0.25, 0.3) is 5.56 Å². The molecule has 0 spiro atoms. The molecule has 6 nitrogen and oxygen atoms in total. The lowest BCUT2D eigenvalue weighted by atomic mass is 10.0. The summed E-state index contributed by atoms with van der Waals surface area (Å²) in [6.45, 7) is 5.88. The minimum Gasteiger partial charge on any atom is -0.422 e. The van der Waals surface area contributed by atoms with Crippen molar-refractivity contribution in [2.75, 3.05) is 0 Å². The third kappa shape index (κ3) is 3.85. The minimum atomic E-state index is -0.393. The number of para-hydroxylation sites is 1. The minimum absolute atomic E-state index is 0.177. The van der Waals surface area contributed by atoms with E-state index in [4.69, 9.17) is 9.40 Å². The van der Waals surface area contributed by atoms with Crippen LogP contribution in [0.15, 0.2) is 80.0 Å². The molecular formula is C26H21N3O3S. The zero-order chi connectivity index (χ0) is 23.1. The number of nitrogens with zero attached hydrogens (tertiary/aromatic N) is 3. The van der Waals surface area contributed by atoms with Gasteiger partial charge >= 0.3 is 5.63 Å². The maximum absolute atomic E-state index is 13.4. The molecule has 0 unspecified atom stereocenters. The number of hydrogen-bond donors (Lipinski definition) is 0. The fraction of sp³-hybridized carbons (Fsp3) is 0.154. The summed E-state index contributed by atoms with van der Waals surface area (Å²) in [5.41, 5.74) is 4.49. The number of rotatable bonds is 4. The smallest absolute Gasteiger partial charge is 0.336 e. The van der Waals surface area contributed by atoms with Gasteiger partial charge in [0, 0.05) is 23.4 Å². The lowest BCUT2D eigenvalue weighted by Crippen LogP contribution is -2.22. The standard InChI is InChI=1S/C26H21N3O3S/c1-15-8-11-22(27-13-15)29-25(31)20-6-4-5-7-21(20)28-26(29)33-14-18-12-23(30)32-24-17(3)16(2)9-10-19(18)24/h4-13H,14H2,1-3H3. The van der Waals surface area contributed by atoms with E-state index in [9.17, 15) is 9.59 Å². The Hall–Kier alpha value is -3.71. The van der Waals surface area contributed by atoms with Gasteiger partial charge in [0.15, 0.2) is 5.16 Å². The van der Waals surface area contributed by atoms with E-state index in [0.717, 1.165) is 27.6 Å². The van der Waals surface area contributed by atoms with E-state index in [1.807, 2.05) is 63.2 Å². The highest BCUT2D eigenvalue weighted by Gasteiger charge is 2.16. The van der Waals surface area contributed by atoms with Crippen LogP contribution < -0.4 is 11.2 Å². The number of aryl methyl sites for hydroxylation is 3. The maximum atomic E-state index is 13.4. The largest absolute Gasteiger partial charge is 0.422 e. The predicted molar refractivity (Wildman–Crippen MR) is 131 cm³/mol. The van der Waals surface area contributed by atoms with E-state index in [1.165, 1.54) is 22.4 Å². The molecule has 0 atom stereocenters. The summed E-state index contributed by atoms with van der Waals surface area (Å²) in [6, 6.07) is 16.5. The molecule has 0 fully saturated rings. The van der Waals surface area contributed by atoms with Crippen LogP contribution in [0.2, 0.25) is 0 Å². The first-order valence-corrected chi connectivity index (χ1v) is 11.5. The molecule has 5 aromatic rings. The van der Waals surface area contributed by atoms with Crippen molar-refractivity contribution >= 4 is 33.6 Å². The summed E-state index contributed by atoms with van der Waals surface area (Å²) in [7, 11) is 0. The van der Waals surface area contributed by atoms with Crippen molar-refractivity contribution in [3.63, 3.8) is 0 Å². The van der Waals surface area contributed by atoms with Gasteiger partial charge in [-0.3, -0.25) is 4.79 Å². The summed E-state index contributed by atoms with van der Waals surface area (Å²) in [5.74, 6) is 0.955. The molecule has 0 aliphatic carbocycles.